The third-order valence-electron chi connectivity index (χ3n) is 5.27. The number of aromatic nitrogens is 2. The van der Waals surface area contributed by atoms with Gasteiger partial charge in [0.1, 0.15) is 5.82 Å². The van der Waals surface area contributed by atoms with Gasteiger partial charge >= 0.3 is 0 Å². The minimum absolute atomic E-state index is 0.00276. The molecule has 0 spiro atoms. The van der Waals surface area contributed by atoms with E-state index in [0.29, 0.717) is 35.8 Å². The van der Waals surface area contributed by atoms with E-state index in [4.69, 9.17) is 5.26 Å². The van der Waals surface area contributed by atoms with Crippen molar-refractivity contribution in [1.29, 1.82) is 5.26 Å². The molecule has 1 aromatic carbocycles. The van der Waals surface area contributed by atoms with Crippen LogP contribution in [-0.4, -0.2) is 50.5 Å². The molecule has 2 atom stereocenters. The van der Waals surface area contributed by atoms with Crippen LogP contribution in [0.15, 0.2) is 18.2 Å². The van der Waals surface area contributed by atoms with Gasteiger partial charge in [0.15, 0.2) is 0 Å². The molecule has 2 heterocycles. The maximum Gasteiger partial charge on any atom is 0.233 e. The summed E-state index contributed by atoms with van der Waals surface area (Å²) in [5.74, 6) is 0.210. The Kier molecular flexibility index (Phi) is 6.26. The second-order valence-corrected chi connectivity index (χ2v) is 7.22. The van der Waals surface area contributed by atoms with Crippen LogP contribution in [0.5, 0.6) is 0 Å². The van der Waals surface area contributed by atoms with Gasteiger partial charge in [-0.3, -0.25) is 14.8 Å². The third-order valence-corrected chi connectivity index (χ3v) is 5.27. The van der Waals surface area contributed by atoms with E-state index in [-0.39, 0.29) is 18.5 Å². The highest BCUT2D eigenvalue weighted by Gasteiger charge is 2.35. The Bertz CT molecular complexity index is 888. The summed E-state index contributed by atoms with van der Waals surface area (Å²) in [6.07, 6.45) is 4.41. The smallest absolute Gasteiger partial charge is 0.233 e. The van der Waals surface area contributed by atoms with Crippen LogP contribution >= 0.6 is 0 Å². The number of hydrogen-bond donors (Lipinski definition) is 2. The van der Waals surface area contributed by atoms with Gasteiger partial charge in [-0.15, -0.1) is 0 Å². The molecule has 0 aliphatic carbocycles. The van der Waals surface area contributed by atoms with Crippen molar-refractivity contribution in [1.82, 2.24) is 19.9 Å². The summed E-state index contributed by atoms with van der Waals surface area (Å²) in [4.78, 5) is 33.7. The predicted octanol–water partition coefficient (Wildman–Crippen LogP) is 2.75. The molecule has 1 saturated heterocycles. The summed E-state index contributed by atoms with van der Waals surface area (Å²) < 4.78 is 0. The zero-order chi connectivity index (χ0) is 20.1. The summed E-state index contributed by atoms with van der Waals surface area (Å²) in [7, 11) is 0. The number of rotatable bonds is 8. The predicted molar refractivity (Wildman–Crippen MR) is 102 cm³/mol. The van der Waals surface area contributed by atoms with Crippen LogP contribution in [0.1, 0.15) is 56.5 Å². The zero-order valence-electron chi connectivity index (χ0n) is 16.0. The number of nitrogens with zero attached hydrogens (tertiary/aromatic N) is 4. The molecule has 2 N–H and O–H groups in total. The Morgan fingerprint density at radius 2 is 2.39 bits per heavy atom. The number of amides is 2. The maximum atomic E-state index is 13.2. The quantitative estimate of drug-likeness (QED) is 0.413. The average molecular weight is 383 g/mol. The SMILES string of the molecule is CCCCC(CN(O)C=O)C(=O)N1CCCC1c1nc2ccc(C#N)cc2[nH]1. The van der Waals surface area contributed by atoms with Crippen LogP contribution in [0.4, 0.5) is 0 Å². The Balaban J connectivity index is 1.83. The summed E-state index contributed by atoms with van der Waals surface area (Å²) in [5, 5.41) is 19.2. The molecule has 0 radical (unpaired) electrons. The number of unbranched alkanes of at least 4 members (excludes halogenated alkanes) is 1. The summed E-state index contributed by atoms with van der Waals surface area (Å²) in [5.41, 5.74) is 2.09. The Morgan fingerprint density at radius 1 is 1.57 bits per heavy atom. The lowest BCUT2D eigenvalue weighted by atomic mass is 9.99. The van der Waals surface area contributed by atoms with Gasteiger partial charge in [-0.05, 0) is 37.5 Å². The molecule has 2 unspecified atom stereocenters. The molecule has 8 heteroatoms. The number of imidazole rings is 1. The van der Waals surface area contributed by atoms with E-state index in [2.05, 4.69) is 16.0 Å². The van der Waals surface area contributed by atoms with Crippen molar-refractivity contribution in [3.05, 3.63) is 29.6 Å². The van der Waals surface area contributed by atoms with Crippen molar-refractivity contribution < 1.29 is 14.8 Å². The minimum atomic E-state index is -0.440. The van der Waals surface area contributed by atoms with Crippen LogP contribution < -0.4 is 0 Å². The van der Waals surface area contributed by atoms with Gasteiger partial charge in [-0.1, -0.05) is 19.8 Å². The van der Waals surface area contributed by atoms with Crippen molar-refractivity contribution in [3.8, 4) is 6.07 Å². The molecule has 1 fully saturated rings. The van der Waals surface area contributed by atoms with Crippen molar-refractivity contribution in [3.63, 3.8) is 0 Å². The number of aromatic amines is 1. The van der Waals surface area contributed by atoms with E-state index in [1.165, 1.54) is 0 Å². The topological polar surface area (TPSA) is 113 Å². The van der Waals surface area contributed by atoms with Crippen LogP contribution in [-0.2, 0) is 9.59 Å². The molecule has 2 aromatic rings. The molecule has 0 saturated carbocycles. The van der Waals surface area contributed by atoms with Gasteiger partial charge in [-0.25, -0.2) is 10.0 Å². The largest absolute Gasteiger partial charge is 0.340 e. The lowest BCUT2D eigenvalue weighted by Crippen LogP contribution is -2.40. The standard InChI is InChI=1S/C20H25N5O3/c1-2-3-5-15(12-24(28)13-26)20(27)25-9-4-6-18(25)19-22-16-8-7-14(11-21)10-17(16)23-19/h7-8,10,13,15,18,28H,2-6,9,12H2,1H3,(H,22,23). The van der Waals surface area contributed by atoms with E-state index in [1.807, 2.05) is 11.8 Å². The van der Waals surface area contributed by atoms with E-state index in [1.54, 1.807) is 18.2 Å². The second-order valence-electron chi connectivity index (χ2n) is 7.22. The molecule has 3 rings (SSSR count). The fourth-order valence-corrected chi connectivity index (χ4v) is 3.82. The van der Waals surface area contributed by atoms with Crippen LogP contribution in [0.3, 0.4) is 0 Å². The molecule has 1 aliphatic heterocycles. The highest BCUT2D eigenvalue weighted by Crippen LogP contribution is 2.33. The number of carbonyl (C=O) groups excluding carboxylic acids is 2. The van der Waals surface area contributed by atoms with Crippen LogP contribution in [0, 0.1) is 17.2 Å². The highest BCUT2D eigenvalue weighted by atomic mass is 16.5. The zero-order valence-corrected chi connectivity index (χ0v) is 16.0. The first-order chi connectivity index (χ1) is 13.6. The average Bonchev–Trinajstić information content (AvgIpc) is 3.36. The van der Waals surface area contributed by atoms with Crippen molar-refractivity contribution in [2.75, 3.05) is 13.1 Å². The molecule has 1 aliphatic rings. The van der Waals surface area contributed by atoms with Gasteiger partial charge in [0, 0.05) is 6.54 Å². The number of benzene rings is 1. The van der Waals surface area contributed by atoms with Gasteiger partial charge in [-0.2, -0.15) is 5.26 Å². The number of nitrogens with one attached hydrogen (secondary N) is 1. The summed E-state index contributed by atoms with van der Waals surface area (Å²) >= 11 is 0. The number of hydrogen-bond acceptors (Lipinski definition) is 5. The third kappa shape index (κ3) is 4.15. The fourth-order valence-electron chi connectivity index (χ4n) is 3.82. The molecular weight excluding hydrogens is 358 g/mol. The van der Waals surface area contributed by atoms with Gasteiger partial charge in [0.2, 0.25) is 12.3 Å². The molecular formula is C20H25N5O3. The maximum absolute atomic E-state index is 13.2. The Labute approximate surface area is 163 Å². The number of likely N-dealkylation sites (tertiary alicyclic amines) is 1. The van der Waals surface area contributed by atoms with Gasteiger partial charge < -0.3 is 9.88 Å². The molecule has 148 valence electrons. The van der Waals surface area contributed by atoms with Crippen molar-refractivity contribution >= 4 is 23.4 Å². The molecule has 2 amide bonds. The van der Waals surface area contributed by atoms with Gasteiger partial charge in [0.05, 0.1) is 41.2 Å². The molecule has 0 bridgehead atoms. The number of carbonyl (C=O) groups is 2. The highest BCUT2D eigenvalue weighted by molar-refractivity contribution is 5.81. The number of fused-ring (bicyclic) bond motifs is 1. The van der Waals surface area contributed by atoms with Crippen molar-refractivity contribution in [2.24, 2.45) is 5.92 Å². The second kappa shape index (κ2) is 8.85. The lowest BCUT2D eigenvalue weighted by Gasteiger charge is -2.29. The van der Waals surface area contributed by atoms with E-state index in [9.17, 15) is 14.8 Å². The van der Waals surface area contributed by atoms with E-state index >= 15 is 0 Å². The number of hydroxylamine groups is 2. The Hall–Kier alpha value is -2.92. The van der Waals surface area contributed by atoms with Gasteiger partial charge in [0.25, 0.3) is 0 Å². The monoisotopic (exact) mass is 383 g/mol. The van der Waals surface area contributed by atoms with E-state index < -0.39 is 5.92 Å². The Morgan fingerprint density at radius 3 is 3.11 bits per heavy atom. The molecule has 28 heavy (non-hydrogen) atoms. The fraction of sp³-hybridized carbons (Fsp3) is 0.500. The number of H-pyrrole nitrogens is 1. The lowest BCUT2D eigenvalue weighted by molar-refractivity contribution is -0.157. The van der Waals surface area contributed by atoms with Crippen molar-refractivity contribution in [2.45, 2.75) is 45.1 Å². The first-order valence-corrected chi connectivity index (χ1v) is 9.68. The first-order valence-electron chi connectivity index (χ1n) is 9.68. The van der Waals surface area contributed by atoms with Crippen LogP contribution in [0.2, 0.25) is 0 Å². The minimum Gasteiger partial charge on any atom is -0.340 e. The van der Waals surface area contributed by atoms with Crippen LogP contribution in [0.25, 0.3) is 11.0 Å². The summed E-state index contributed by atoms with van der Waals surface area (Å²) in [6, 6.07) is 7.22. The molecule has 1 aromatic heterocycles. The normalized spacial score (nSPS) is 17.5. The molecule has 8 nitrogen and oxygen atoms in total. The first kappa shape index (κ1) is 19.8. The summed E-state index contributed by atoms with van der Waals surface area (Å²) in [6.45, 7) is 2.66. The number of nitriles is 1. The van der Waals surface area contributed by atoms with E-state index in [0.717, 1.165) is 36.7 Å².